The number of carbonyl (C=O) groups is 1. The van der Waals surface area contributed by atoms with Crippen molar-refractivity contribution in [2.45, 2.75) is 19.9 Å². The van der Waals surface area contributed by atoms with E-state index in [1.165, 1.54) is 10.6 Å². The number of carboxylic acids is 1. The highest BCUT2D eigenvalue weighted by atomic mass is 16.4. The lowest BCUT2D eigenvalue weighted by molar-refractivity contribution is -0.142. The number of nitrogens with zero attached hydrogens (tertiary/aromatic N) is 2. The van der Waals surface area contributed by atoms with Crippen LogP contribution in [0.3, 0.4) is 0 Å². The summed E-state index contributed by atoms with van der Waals surface area (Å²) in [5, 5.41) is 18.6. The fraction of sp³-hybridized carbons (Fsp3) is 0.235. The summed E-state index contributed by atoms with van der Waals surface area (Å²) in [6.45, 7) is 3.47. The Kier molecular flexibility index (Phi) is 4.42. The smallest absolute Gasteiger partial charge is 0.327 e. The van der Waals surface area contributed by atoms with Gasteiger partial charge in [-0.1, -0.05) is 44.2 Å². The van der Waals surface area contributed by atoms with Crippen LogP contribution in [0, 0.1) is 17.2 Å². The van der Waals surface area contributed by atoms with E-state index in [4.69, 9.17) is 5.26 Å². The zero-order chi connectivity index (χ0) is 16.3. The largest absolute Gasteiger partial charge is 0.480 e. The maximum Gasteiger partial charge on any atom is 0.327 e. The molecule has 1 aromatic heterocycles. The number of carboxylic acid groups (broad SMARTS) is 1. The molecule has 0 aliphatic carbocycles. The minimum Gasteiger partial charge on any atom is -0.480 e. The van der Waals surface area contributed by atoms with Gasteiger partial charge in [-0.2, -0.15) is 5.26 Å². The van der Waals surface area contributed by atoms with Crippen LogP contribution in [0.5, 0.6) is 0 Å². The maximum atomic E-state index is 12.5. The van der Waals surface area contributed by atoms with E-state index in [2.05, 4.69) is 0 Å². The van der Waals surface area contributed by atoms with Crippen molar-refractivity contribution in [2.24, 2.45) is 5.92 Å². The first-order valence-electron chi connectivity index (χ1n) is 6.91. The summed E-state index contributed by atoms with van der Waals surface area (Å²) >= 11 is 0. The van der Waals surface area contributed by atoms with E-state index < -0.39 is 17.6 Å². The second-order valence-electron chi connectivity index (χ2n) is 5.31. The Bertz CT molecular complexity index is 786. The second-order valence-corrected chi connectivity index (χ2v) is 5.31. The number of aromatic nitrogens is 1. The molecule has 0 radical (unpaired) electrons. The quantitative estimate of drug-likeness (QED) is 0.940. The molecule has 0 bridgehead atoms. The van der Waals surface area contributed by atoms with Gasteiger partial charge in [0.05, 0.1) is 5.69 Å². The van der Waals surface area contributed by atoms with E-state index in [9.17, 15) is 14.7 Å². The molecule has 0 aliphatic heterocycles. The lowest BCUT2D eigenvalue weighted by Crippen LogP contribution is -2.35. The molecule has 1 N–H and O–H groups in total. The summed E-state index contributed by atoms with van der Waals surface area (Å²) in [5.41, 5.74) is 0.582. The molecule has 112 valence electrons. The molecule has 5 nitrogen and oxygen atoms in total. The molecule has 0 fully saturated rings. The Balaban J connectivity index is 2.82. The summed E-state index contributed by atoms with van der Waals surface area (Å²) in [7, 11) is 0. The minimum absolute atomic E-state index is 0.0634. The Morgan fingerprint density at radius 2 is 1.82 bits per heavy atom. The first-order chi connectivity index (χ1) is 10.5. The van der Waals surface area contributed by atoms with Gasteiger partial charge in [-0.25, -0.2) is 4.79 Å². The van der Waals surface area contributed by atoms with Crippen LogP contribution in [0.15, 0.2) is 47.3 Å². The number of benzene rings is 1. The number of hydrogen-bond acceptors (Lipinski definition) is 3. The van der Waals surface area contributed by atoms with Crippen molar-refractivity contribution in [1.82, 2.24) is 4.57 Å². The van der Waals surface area contributed by atoms with Crippen LogP contribution in [-0.4, -0.2) is 15.6 Å². The van der Waals surface area contributed by atoms with Crippen molar-refractivity contribution >= 4 is 5.97 Å². The molecule has 0 aliphatic rings. The Morgan fingerprint density at radius 3 is 2.32 bits per heavy atom. The van der Waals surface area contributed by atoms with Gasteiger partial charge in [0, 0.05) is 0 Å². The summed E-state index contributed by atoms with van der Waals surface area (Å²) in [5.74, 6) is -1.39. The summed E-state index contributed by atoms with van der Waals surface area (Å²) in [6, 6.07) is 12.9. The fourth-order valence-corrected chi connectivity index (χ4v) is 2.45. The second kappa shape index (κ2) is 6.27. The van der Waals surface area contributed by atoms with Crippen LogP contribution in [0.1, 0.15) is 25.5 Å². The SMILES string of the molecule is CC(C)C(C(=O)O)n1c(-c2ccccc2)ccc(C#N)c1=O. The molecule has 1 unspecified atom stereocenters. The highest BCUT2D eigenvalue weighted by molar-refractivity contribution is 5.74. The van der Waals surface area contributed by atoms with Crippen molar-refractivity contribution in [3.05, 3.63) is 58.4 Å². The van der Waals surface area contributed by atoms with Gasteiger partial charge in [0.2, 0.25) is 0 Å². The summed E-state index contributed by atoms with van der Waals surface area (Å²) in [4.78, 5) is 24.2. The zero-order valence-electron chi connectivity index (χ0n) is 12.4. The van der Waals surface area contributed by atoms with Crippen molar-refractivity contribution in [1.29, 1.82) is 5.26 Å². The molecular weight excluding hydrogens is 280 g/mol. The molecule has 22 heavy (non-hydrogen) atoms. The van der Waals surface area contributed by atoms with Crippen LogP contribution < -0.4 is 5.56 Å². The van der Waals surface area contributed by atoms with Gasteiger partial charge in [0.1, 0.15) is 17.7 Å². The zero-order valence-corrected chi connectivity index (χ0v) is 12.4. The van der Waals surface area contributed by atoms with Gasteiger partial charge in [-0.15, -0.1) is 0 Å². The van der Waals surface area contributed by atoms with Gasteiger partial charge in [-0.3, -0.25) is 9.36 Å². The average Bonchev–Trinajstić information content (AvgIpc) is 2.49. The van der Waals surface area contributed by atoms with E-state index >= 15 is 0 Å². The first kappa shape index (κ1) is 15.5. The highest BCUT2D eigenvalue weighted by Gasteiger charge is 2.27. The number of nitriles is 1. The fourth-order valence-electron chi connectivity index (χ4n) is 2.45. The van der Waals surface area contributed by atoms with Gasteiger partial charge in [0.25, 0.3) is 5.56 Å². The van der Waals surface area contributed by atoms with Crippen molar-refractivity contribution in [2.75, 3.05) is 0 Å². The van der Waals surface area contributed by atoms with Crippen LogP contribution in [0.4, 0.5) is 0 Å². The Labute approximate surface area is 128 Å². The molecule has 2 aromatic rings. The monoisotopic (exact) mass is 296 g/mol. The van der Waals surface area contributed by atoms with E-state index in [0.29, 0.717) is 5.69 Å². The molecule has 1 heterocycles. The topological polar surface area (TPSA) is 83.1 Å². The molecule has 0 amide bonds. The van der Waals surface area contributed by atoms with Gasteiger partial charge < -0.3 is 5.11 Å². The third kappa shape index (κ3) is 2.77. The van der Waals surface area contributed by atoms with E-state index in [1.807, 2.05) is 24.3 Å². The standard InChI is InChI=1S/C17H16N2O3/c1-11(2)15(17(21)22)19-14(12-6-4-3-5-7-12)9-8-13(10-18)16(19)20/h3-9,11,15H,1-2H3,(H,21,22). The van der Waals surface area contributed by atoms with Crippen LogP contribution >= 0.6 is 0 Å². The maximum absolute atomic E-state index is 12.5. The third-order valence-corrected chi connectivity index (χ3v) is 3.47. The number of aliphatic carboxylic acids is 1. The van der Waals surface area contributed by atoms with Gasteiger partial charge >= 0.3 is 5.97 Å². The average molecular weight is 296 g/mol. The molecule has 5 heteroatoms. The van der Waals surface area contributed by atoms with Crippen LogP contribution in [-0.2, 0) is 4.79 Å². The van der Waals surface area contributed by atoms with Crippen molar-refractivity contribution in [3.8, 4) is 17.3 Å². The lowest BCUT2D eigenvalue weighted by atomic mass is 10.0. The molecule has 0 saturated heterocycles. The Morgan fingerprint density at radius 1 is 1.18 bits per heavy atom. The summed E-state index contributed by atoms with van der Waals surface area (Å²) < 4.78 is 1.21. The lowest BCUT2D eigenvalue weighted by Gasteiger charge is -2.23. The predicted molar refractivity (Wildman–Crippen MR) is 82.4 cm³/mol. The van der Waals surface area contributed by atoms with E-state index in [1.54, 1.807) is 32.0 Å². The normalized spacial score (nSPS) is 11.9. The number of hydrogen-bond donors (Lipinski definition) is 1. The molecular formula is C17H16N2O3. The predicted octanol–water partition coefficient (Wildman–Crippen LogP) is 2.67. The highest BCUT2D eigenvalue weighted by Crippen LogP contribution is 2.25. The van der Waals surface area contributed by atoms with Crippen LogP contribution in [0.25, 0.3) is 11.3 Å². The van der Waals surface area contributed by atoms with Crippen LogP contribution in [0.2, 0.25) is 0 Å². The molecule has 1 atom stereocenters. The summed E-state index contributed by atoms with van der Waals surface area (Å²) in [6.07, 6.45) is 0. The molecule has 0 spiro atoms. The number of pyridine rings is 1. The van der Waals surface area contributed by atoms with E-state index in [0.717, 1.165) is 5.56 Å². The Hall–Kier alpha value is -2.87. The van der Waals surface area contributed by atoms with E-state index in [-0.39, 0.29) is 11.5 Å². The third-order valence-electron chi connectivity index (χ3n) is 3.47. The van der Waals surface area contributed by atoms with Gasteiger partial charge in [-0.05, 0) is 23.6 Å². The molecule has 2 rings (SSSR count). The molecule has 0 saturated carbocycles. The van der Waals surface area contributed by atoms with Crippen molar-refractivity contribution < 1.29 is 9.90 Å². The first-order valence-corrected chi connectivity index (χ1v) is 6.91. The van der Waals surface area contributed by atoms with Gasteiger partial charge in [0.15, 0.2) is 0 Å². The minimum atomic E-state index is -1.09. The van der Waals surface area contributed by atoms with Crippen molar-refractivity contribution in [3.63, 3.8) is 0 Å². The molecule has 1 aromatic carbocycles. The number of rotatable bonds is 4.